The molecule has 0 saturated heterocycles. The van der Waals surface area contributed by atoms with Gasteiger partial charge in [0, 0.05) is 41.6 Å². The molecule has 2 aliphatic rings. The van der Waals surface area contributed by atoms with Gasteiger partial charge in [0.05, 0.1) is 11.4 Å². The van der Waals surface area contributed by atoms with E-state index in [1.807, 2.05) is 24.5 Å². The number of nitrogens with zero attached hydrogens (tertiary/aromatic N) is 5. The van der Waals surface area contributed by atoms with Crippen molar-refractivity contribution in [3.05, 3.63) is 48.2 Å². The highest BCUT2D eigenvalue weighted by atomic mass is 15.1. The number of nitrogens with two attached hydrogens (primary N) is 1. The van der Waals surface area contributed by atoms with Crippen molar-refractivity contribution in [1.82, 2.24) is 24.9 Å². The Balaban J connectivity index is 1.57. The lowest BCUT2D eigenvalue weighted by Crippen LogP contribution is -2.11. The van der Waals surface area contributed by atoms with Gasteiger partial charge in [-0.2, -0.15) is 0 Å². The van der Waals surface area contributed by atoms with Crippen LogP contribution in [0.4, 0.5) is 17.6 Å². The van der Waals surface area contributed by atoms with E-state index >= 15 is 0 Å². The van der Waals surface area contributed by atoms with Crippen LogP contribution in [0.1, 0.15) is 62.1 Å². The van der Waals surface area contributed by atoms with Crippen molar-refractivity contribution in [1.29, 1.82) is 0 Å². The van der Waals surface area contributed by atoms with Crippen molar-refractivity contribution in [2.24, 2.45) is 5.92 Å². The molecule has 30 heavy (non-hydrogen) atoms. The zero-order chi connectivity index (χ0) is 20.3. The highest BCUT2D eigenvalue weighted by Gasteiger charge is 2.27. The zero-order valence-electron chi connectivity index (χ0n) is 17.1. The summed E-state index contributed by atoms with van der Waals surface area (Å²) in [5, 5.41) is 3.30. The molecule has 2 aliphatic carbocycles. The van der Waals surface area contributed by atoms with Crippen LogP contribution >= 0.6 is 0 Å². The van der Waals surface area contributed by atoms with Gasteiger partial charge in [0.25, 0.3) is 0 Å². The summed E-state index contributed by atoms with van der Waals surface area (Å²) in [4.78, 5) is 22.6. The van der Waals surface area contributed by atoms with E-state index in [2.05, 4.69) is 25.3 Å². The van der Waals surface area contributed by atoms with Gasteiger partial charge < -0.3 is 11.1 Å². The number of aromatic nitrogens is 5. The highest BCUT2D eigenvalue weighted by Crippen LogP contribution is 2.40. The maximum atomic E-state index is 5.94. The van der Waals surface area contributed by atoms with Gasteiger partial charge >= 0.3 is 0 Å². The standard InChI is InChI=1S/C23H27N7/c24-22-26-14-19(20(29-22)12-15-6-7-15)21-18(16-4-2-1-3-5-16)13-27-23(30-21)28-17-8-10-25-11-9-17/h8-11,13-16H,1-7,12H2,(H2,24,26,29)(H,25,27,28,30). The Morgan fingerprint density at radius 2 is 1.73 bits per heavy atom. The first-order chi connectivity index (χ1) is 14.8. The van der Waals surface area contributed by atoms with Crippen LogP contribution in [-0.2, 0) is 6.42 Å². The summed E-state index contributed by atoms with van der Waals surface area (Å²) >= 11 is 0. The third-order valence-electron chi connectivity index (χ3n) is 6.12. The molecule has 0 atom stereocenters. The first kappa shape index (κ1) is 18.9. The number of hydrogen-bond acceptors (Lipinski definition) is 7. The van der Waals surface area contributed by atoms with Gasteiger partial charge in [-0.25, -0.2) is 19.9 Å². The number of pyridine rings is 1. The fourth-order valence-corrected chi connectivity index (χ4v) is 4.33. The molecular weight excluding hydrogens is 374 g/mol. The van der Waals surface area contributed by atoms with Crippen LogP contribution < -0.4 is 11.1 Å². The zero-order valence-corrected chi connectivity index (χ0v) is 17.1. The van der Waals surface area contributed by atoms with Crippen molar-refractivity contribution < 1.29 is 0 Å². The van der Waals surface area contributed by atoms with E-state index in [9.17, 15) is 0 Å². The summed E-state index contributed by atoms with van der Waals surface area (Å²) < 4.78 is 0. The highest BCUT2D eigenvalue weighted by molar-refractivity contribution is 5.68. The number of nitrogens with one attached hydrogen (secondary N) is 1. The minimum atomic E-state index is 0.331. The van der Waals surface area contributed by atoms with Crippen LogP contribution in [0.15, 0.2) is 36.9 Å². The van der Waals surface area contributed by atoms with Crippen LogP contribution in [0.2, 0.25) is 0 Å². The lowest BCUT2D eigenvalue weighted by molar-refractivity contribution is 0.443. The van der Waals surface area contributed by atoms with E-state index in [0.29, 0.717) is 23.7 Å². The molecule has 7 nitrogen and oxygen atoms in total. The van der Waals surface area contributed by atoms with Gasteiger partial charge in [-0.1, -0.05) is 19.3 Å². The van der Waals surface area contributed by atoms with E-state index in [0.717, 1.165) is 29.1 Å². The molecule has 154 valence electrons. The second-order valence-corrected chi connectivity index (χ2v) is 8.43. The first-order valence-corrected chi connectivity index (χ1v) is 10.9. The molecule has 0 aliphatic heterocycles. The third-order valence-corrected chi connectivity index (χ3v) is 6.12. The van der Waals surface area contributed by atoms with Crippen molar-refractivity contribution in [3.63, 3.8) is 0 Å². The molecule has 3 aromatic heterocycles. The van der Waals surface area contributed by atoms with Crippen LogP contribution in [0.5, 0.6) is 0 Å². The molecule has 3 N–H and O–H groups in total. The maximum absolute atomic E-state index is 5.94. The van der Waals surface area contributed by atoms with Gasteiger partial charge in [0.2, 0.25) is 11.9 Å². The predicted molar refractivity (Wildman–Crippen MR) is 117 cm³/mol. The van der Waals surface area contributed by atoms with Crippen molar-refractivity contribution in [2.45, 2.75) is 57.3 Å². The van der Waals surface area contributed by atoms with E-state index in [1.54, 1.807) is 12.4 Å². The van der Waals surface area contributed by atoms with Crippen molar-refractivity contribution >= 4 is 17.6 Å². The molecule has 3 aromatic rings. The SMILES string of the molecule is Nc1ncc(-c2nc(Nc3ccncc3)ncc2C2CCCCC2)c(CC2CC2)n1. The molecule has 3 heterocycles. The maximum Gasteiger partial charge on any atom is 0.227 e. The van der Waals surface area contributed by atoms with E-state index in [-0.39, 0.29) is 0 Å². The molecule has 7 heteroatoms. The van der Waals surface area contributed by atoms with Crippen molar-refractivity contribution in [2.75, 3.05) is 11.1 Å². The second-order valence-electron chi connectivity index (χ2n) is 8.43. The Bertz CT molecular complexity index is 1010. The average Bonchev–Trinajstić information content (AvgIpc) is 3.59. The summed E-state index contributed by atoms with van der Waals surface area (Å²) in [6.45, 7) is 0. The molecule has 0 amide bonds. The minimum Gasteiger partial charge on any atom is -0.368 e. The summed E-state index contributed by atoms with van der Waals surface area (Å²) in [7, 11) is 0. The molecule has 0 bridgehead atoms. The van der Waals surface area contributed by atoms with E-state index < -0.39 is 0 Å². The third kappa shape index (κ3) is 4.25. The number of anilines is 3. The van der Waals surface area contributed by atoms with Crippen LogP contribution in [0.3, 0.4) is 0 Å². The van der Waals surface area contributed by atoms with E-state index in [4.69, 9.17) is 10.7 Å². The fraction of sp³-hybridized carbons (Fsp3) is 0.435. The molecule has 0 aromatic carbocycles. The molecule has 5 rings (SSSR count). The monoisotopic (exact) mass is 401 g/mol. The van der Waals surface area contributed by atoms with Crippen LogP contribution in [0, 0.1) is 5.92 Å². The largest absolute Gasteiger partial charge is 0.368 e. The molecule has 0 unspecified atom stereocenters. The number of nitrogen functional groups attached to an aromatic ring is 1. The van der Waals surface area contributed by atoms with E-state index in [1.165, 1.54) is 50.5 Å². The number of rotatable bonds is 6. The average molecular weight is 402 g/mol. The normalized spacial score (nSPS) is 17.1. The summed E-state index contributed by atoms with van der Waals surface area (Å²) in [5.41, 5.74) is 11.0. The molecule has 0 radical (unpaired) electrons. The van der Waals surface area contributed by atoms with Gasteiger partial charge in [0.1, 0.15) is 0 Å². The van der Waals surface area contributed by atoms with Crippen molar-refractivity contribution in [3.8, 4) is 11.3 Å². The fourth-order valence-electron chi connectivity index (χ4n) is 4.33. The predicted octanol–water partition coefficient (Wildman–Crippen LogP) is 4.65. The molecule has 2 saturated carbocycles. The Hall–Kier alpha value is -3.09. The lowest BCUT2D eigenvalue weighted by Gasteiger charge is -2.24. The number of hydrogen-bond donors (Lipinski definition) is 2. The molecule has 0 spiro atoms. The molecular formula is C23H27N7. The molecule has 2 fully saturated rings. The van der Waals surface area contributed by atoms with Gasteiger partial charge in [-0.3, -0.25) is 4.98 Å². The quantitative estimate of drug-likeness (QED) is 0.619. The summed E-state index contributed by atoms with van der Waals surface area (Å²) in [6.07, 6.45) is 17.0. The van der Waals surface area contributed by atoms with Gasteiger partial charge in [0.15, 0.2) is 0 Å². The Kier molecular flexibility index (Phi) is 5.26. The lowest BCUT2D eigenvalue weighted by atomic mass is 9.83. The smallest absolute Gasteiger partial charge is 0.227 e. The summed E-state index contributed by atoms with van der Waals surface area (Å²) in [6, 6.07) is 3.81. The Labute approximate surface area is 176 Å². The second kappa shape index (κ2) is 8.34. The first-order valence-electron chi connectivity index (χ1n) is 10.9. The van der Waals surface area contributed by atoms with Gasteiger partial charge in [-0.15, -0.1) is 0 Å². The minimum absolute atomic E-state index is 0.331. The van der Waals surface area contributed by atoms with Crippen LogP contribution in [-0.4, -0.2) is 24.9 Å². The summed E-state index contributed by atoms with van der Waals surface area (Å²) in [5.74, 6) is 2.09. The van der Waals surface area contributed by atoms with Gasteiger partial charge in [-0.05, 0) is 56.1 Å². The Morgan fingerprint density at radius 1 is 0.933 bits per heavy atom. The van der Waals surface area contributed by atoms with Crippen LogP contribution in [0.25, 0.3) is 11.3 Å². The Morgan fingerprint density at radius 3 is 2.50 bits per heavy atom. The topological polar surface area (TPSA) is 102 Å².